The summed E-state index contributed by atoms with van der Waals surface area (Å²) in [5.74, 6) is 1.63. The Bertz CT molecular complexity index is 555. The van der Waals surface area contributed by atoms with Crippen molar-refractivity contribution in [3.05, 3.63) is 11.6 Å². The molecule has 0 amide bonds. The molecule has 3 fully saturated rings. The third-order valence-corrected chi connectivity index (χ3v) is 8.96. The normalized spacial score (nSPS) is 55.2. The number of rotatable bonds is 1. The van der Waals surface area contributed by atoms with Crippen molar-refractivity contribution in [1.82, 2.24) is 0 Å². The van der Waals surface area contributed by atoms with Crippen molar-refractivity contribution in [2.24, 2.45) is 28.6 Å². The van der Waals surface area contributed by atoms with Crippen LogP contribution in [0.2, 0.25) is 0 Å². The minimum atomic E-state index is -0.940. The summed E-state index contributed by atoms with van der Waals surface area (Å²) in [6, 6.07) is 0. The zero-order valence-corrected chi connectivity index (χ0v) is 15.5. The highest BCUT2D eigenvalue weighted by molar-refractivity contribution is 5.30. The van der Waals surface area contributed by atoms with Crippen molar-refractivity contribution in [3.63, 3.8) is 0 Å². The van der Waals surface area contributed by atoms with Crippen molar-refractivity contribution < 1.29 is 15.3 Å². The number of aliphatic hydroxyl groups is 3. The van der Waals surface area contributed by atoms with Gasteiger partial charge in [0.05, 0.1) is 17.8 Å². The molecule has 24 heavy (non-hydrogen) atoms. The molecule has 3 saturated carbocycles. The van der Waals surface area contributed by atoms with E-state index in [0.29, 0.717) is 23.2 Å². The van der Waals surface area contributed by atoms with E-state index in [2.05, 4.69) is 19.9 Å². The van der Waals surface area contributed by atoms with Crippen LogP contribution >= 0.6 is 0 Å². The van der Waals surface area contributed by atoms with E-state index in [0.717, 1.165) is 51.4 Å². The topological polar surface area (TPSA) is 60.7 Å². The Labute approximate surface area is 146 Å². The van der Waals surface area contributed by atoms with Gasteiger partial charge in [-0.1, -0.05) is 25.5 Å². The van der Waals surface area contributed by atoms with E-state index in [9.17, 15) is 15.3 Å². The molecule has 8 atom stereocenters. The summed E-state index contributed by atoms with van der Waals surface area (Å²) < 4.78 is 0. The first kappa shape index (κ1) is 17.1. The Hall–Kier alpha value is -0.380. The van der Waals surface area contributed by atoms with E-state index >= 15 is 0 Å². The maximum Gasteiger partial charge on any atom is 0.0961 e. The monoisotopic (exact) mass is 334 g/mol. The molecular formula is C21H34O3. The van der Waals surface area contributed by atoms with Gasteiger partial charge in [-0.15, -0.1) is 0 Å². The smallest absolute Gasteiger partial charge is 0.0961 e. The van der Waals surface area contributed by atoms with Crippen LogP contribution in [0, 0.1) is 28.6 Å². The molecule has 4 rings (SSSR count). The first-order valence-corrected chi connectivity index (χ1v) is 10.0. The van der Waals surface area contributed by atoms with Crippen LogP contribution in [0.5, 0.6) is 0 Å². The fraction of sp³-hybridized carbons (Fsp3) is 0.905. The van der Waals surface area contributed by atoms with Gasteiger partial charge >= 0.3 is 0 Å². The van der Waals surface area contributed by atoms with E-state index < -0.39 is 11.7 Å². The van der Waals surface area contributed by atoms with Crippen molar-refractivity contribution in [3.8, 4) is 0 Å². The third-order valence-electron chi connectivity index (χ3n) is 8.96. The Morgan fingerprint density at radius 2 is 1.79 bits per heavy atom. The number of hydrogen-bond donors (Lipinski definition) is 3. The second kappa shape index (κ2) is 5.31. The molecule has 0 unspecified atom stereocenters. The van der Waals surface area contributed by atoms with Gasteiger partial charge in [0.15, 0.2) is 0 Å². The van der Waals surface area contributed by atoms with Crippen molar-refractivity contribution >= 4 is 0 Å². The molecule has 0 bridgehead atoms. The molecule has 0 radical (unpaired) electrons. The van der Waals surface area contributed by atoms with E-state index in [1.54, 1.807) is 12.5 Å². The van der Waals surface area contributed by atoms with Crippen molar-refractivity contribution in [1.29, 1.82) is 0 Å². The maximum absolute atomic E-state index is 11.2. The minimum absolute atomic E-state index is 0.112. The van der Waals surface area contributed by atoms with E-state index in [-0.39, 0.29) is 11.5 Å². The van der Waals surface area contributed by atoms with E-state index in [1.807, 2.05) is 0 Å². The number of hydrogen-bond acceptors (Lipinski definition) is 3. The summed E-state index contributed by atoms with van der Waals surface area (Å²) in [6.07, 6.45) is 9.64. The number of allylic oxidation sites excluding steroid dienone is 2. The summed E-state index contributed by atoms with van der Waals surface area (Å²) in [7, 11) is 0. The summed E-state index contributed by atoms with van der Waals surface area (Å²) >= 11 is 0. The Balaban J connectivity index is 1.69. The third kappa shape index (κ3) is 2.01. The lowest BCUT2D eigenvalue weighted by Crippen LogP contribution is -2.56. The molecule has 3 N–H and O–H groups in total. The van der Waals surface area contributed by atoms with Crippen LogP contribution in [0.4, 0.5) is 0 Å². The molecule has 0 aromatic heterocycles. The average Bonchev–Trinajstić information content (AvgIpc) is 2.81. The van der Waals surface area contributed by atoms with Gasteiger partial charge in [-0.2, -0.15) is 0 Å². The lowest BCUT2D eigenvalue weighted by molar-refractivity contribution is -0.152. The van der Waals surface area contributed by atoms with Crippen LogP contribution in [-0.2, 0) is 0 Å². The molecule has 136 valence electrons. The Morgan fingerprint density at radius 3 is 2.50 bits per heavy atom. The maximum atomic E-state index is 11.2. The van der Waals surface area contributed by atoms with Crippen LogP contribution < -0.4 is 0 Å². The summed E-state index contributed by atoms with van der Waals surface area (Å²) in [6.45, 7) is 6.43. The summed E-state index contributed by atoms with van der Waals surface area (Å²) in [5, 5.41) is 31.6. The van der Waals surface area contributed by atoms with Crippen LogP contribution in [0.1, 0.15) is 72.1 Å². The molecule has 0 aromatic rings. The van der Waals surface area contributed by atoms with Gasteiger partial charge in [0.25, 0.3) is 0 Å². The predicted octanol–water partition coefficient (Wildman–Crippen LogP) is 3.42. The fourth-order valence-corrected chi connectivity index (χ4v) is 7.23. The highest BCUT2D eigenvalue weighted by Crippen LogP contribution is 2.67. The largest absolute Gasteiger partial charge is 0.393 e. The van der Waals surface area contributed by atoms with Crippen LogP contribution in [0.25, 0.3) is 0 Å². The lowest BCUT2D eigenvalue weighted by atomic mass is 9.47. The first-order chi connectivity index (χ1) is 11.2. The molecule has 0 aromatic carbocycles. The zero-order chi connectivity index (χ0) is 17.3. The second-order valence-electron chi connectivity index (χ2n) is 9.77. The van der Waals surface area contributed by atoms with Gasteiger partial charge < -0.3 is 15.3 Å². The highest BCUT2D eigenvalue weighted by Gasteiger charge is 2.64. The Morgan fingerprint density at radius 1 is 1.08 bits per heavy atom. The Kier molecular flexibility index (Phi) is 3.77. The minimum Gasteiger partial charge on any atom is -0.393 e. The number of aliphatic hydroxyl groups excluding tert-OH is 2. The molecular weight excluding hydrogens is 300 g/mol. The van der Waals surface area contributed by atoms with Crippen LogP contribution in [0.15, 0.2) is 11.6 Å². The van der Waals surface area contributed by atoms with Crippen LogP contribution in [0.3, 0.4) is 0 Å². The number of fused-ring (bicyclic) bond motifs is 5. The molecule has 0 spiro atoms. The van der Waals surface area contributed by atoms with Crippen molar-refractivity contribution in [2.75, 3.05) is 0 Å². The fourth-order valence-electron chi connectivity index (χ4n) is 7.23. The van der Waals surface area contributed by atoms with E-state index in [1.165, 1.54) is 0 Å². The molecule has 0 saturated heterocycles. The average molecular weight is 335 g/mol. The first-order valence-electron chi connectivity index (χ1n) is 10.0. The van der Waals surface area contributed by atoms with Gasteiger partial charge in [0, 0.05) is 5.41 Å². The van der Waals surface area contributed by atoms with Gasteiger partial charge in [-0.3, -0.25) is 0 Å². The summed E-state index contributed by atoms with van der Waals surface area (Å²) in [5.41, 5.74) is 0.761. The molecule has 0 heterocycles. The van der Waals surface area contributed by atoms with Crippen molar-refractivity contribution in [2.45, 2.75) is 89.9 Å². The SMILES string of the molecule is C[C@@H](O)[C@@]1(O)CC[C@H]2C3=CC[C@@H]4C[C@H](O)CC[C@]4(C)[C@H]3CC[C@@]21C. The molecule has 4 aliphatic rings. The zero-order valence-electron chi connectivity index (χ0n) is 15.5. The van der Waals surface area contributed by atoms with Gasteiger partial charge in [0.1, 0.15) is 0 Å². The molecule has 3 heteroatoms. The highest BCUT2D eigenvalue weighted by atomic mass is 16.3. The van der Waals surface area contributed by atoms with Crippen LogP contribution in [-0.4, -0.2) is 33.1 Å². The van der Waals surface area contributed by atoms with Gasteiger partial charge in [-0.25, -0.2) is 0 Å². The van der Waals surface area contributed by atoms with E-state index in [4.69, 9.17) is 0 Å². The lowest BCUT2D eigenvalue weighted by Gasteiger charge is -2.58. The van der Waals surface area contributed by atoms with Gasteiger partial charge in [-0.05, 0) is 81.5 Å². The van der Waals surface area contributed by atoms with Gasteiger partial charge in [0.2, 0.25) is 0 Å². The molecule has 3 nitrogen and oxygen atoms in total. The quantitative estimate of drug-likeness (QED) is 0.644. The standard InChI is InChI=1S/C21H34O3/c1-13(22)21(24)11-8-18-16-5-4-14-12-15(23)6-9-19(14,2)17(16)7-10-20(18,21)3/h5,13-15,17-18,22-24H,4,6-12H2,1-3H3/t13-,14-,15-,17+,18+,19+,20+,21+/m1/s1. The molecule has 4 aliphatic carbocycles. The predicted molar refractivity (Wildman–Crippen MR) is 94.3 cm³/mol. The second-order valence-corrected chi connectivity index (χ2v) is 9.77. The molecule has 0 aliphatic heterocycles. The summed E-state index contributed by atoms with van der Waals surface area (Å²) in [4.78, 5) is 0.